The van der Waals surface area contributed by atoms with E-state index in [-0.39, 0.29) is 5.92 Å². The predicted molar refractivity (Wildman–Crippen MR) is 65.5 cm³/mol. The molecule has 0 bridgehead atoms. The Labute approximate surface area is 96.1 Å². The molecule has 1 rings (SSSR count). The van der Waals surface area contributed by atoms with Crippen molar-refractivity contribution in [2.24, 2.45) is 18.7 Å². The van der Waals surface area contributed by atoms with Crippen LogP contribution in [-0.4, -0.2) is 33.3 Å². The molecular weight excluding hydrogens is 208 g/mol. The Kier molecular flexibility index (Phi) is 4.23. The summed E-state index contributed by atoms with van der Waals surface area (Å²) < 4.78 is 1.81. The van der Waals surface area contributed by atoms with Gasteiger partial charge in [0.1, 0.15) is 0 Å². The van der Waals surface area contributed by atoms with Crippen LogP contribution >= 0.6 is 12.2 Å². The van der Waals surface area contributed by atoms with Gasteiger partial charge >= 0.3 is 0 Å². The third-order valence-electron chi connectivity index (χ3n) is 2.27. The maximum atomic E-state index is 5.57. The van der Waals surface area contributed by atoms with E-state index < -0.39 is 0 Å². The van der Waals surface area contributed by atoms with Gasteiger partial charge in [0.2, 0.25) is 0 Å². The van der Waals surface area contributed by atoms with Gasteiger partial charge < -0.3 is 5.73 Å². The molecule has 1 aromatic heterocycles. The summed E-state index contributed by atoms with van der Waals surface area (Å²) in [6.07, 6.45) is 1.94. The Balaban J connectivity index is 2.42. The van der Waals surface area contributed by atoms with Gasteiger partial charge in [-0.2, -0.15) is 5.10 Å². The number of rotatable bonds is 5. The van der Waals surface area contributed by atoms with Crippen molar-refractivity contribution >= 4 is 17.2 Å². The van der Waals surface area contributed by atoms with E-state index in [4.69, 9.17) is 18.0 Å². The first-order valence-corrected chi connectivity index (χ1v) is 5.36. The first kappa shape index (κ1) is 12.1. The van der Waals surface area contributed by atoms with Gasteiger partial charge in [-0.05, 0) is 13.1 Å². The average Bonchev–Trinajstić information content (AvgIpc) is 2.50. The van der Waals surface area contributed by atoms with E-state index in [1.165, 1.54) is 0 Å². The lowest BCUT2D eigenvalue weighted by Crippen LogP contribution is -2.31. The number of thiocarbonyl (C=S) groups is 1. The van der Waals surface area contributed by atoms with Gasteiger partial charge in [-0.1, -0.05) is 19.1 Å². The highest BCUT2D eigenvalue weighted by Gasteiger charge is 2.09. The Hall–Kier alpha value is -0.940. The van der Waals surface area contributed by atoms with Crippen LogP contribution < -0.4 is 5.73 Å². The molecule has 4 nitrogen and oxygen atoms in total. The zero-order valence-electron chi connectivity index (χ0n) is 9.47. The topological polar surface area (TPSA) is 47.1 Å². The van der Waals surface area contributed by atoms with Crippen molar-refractivity contribution in [3.63, 3.8) is 0 Å². The molecule has 0 radical (unpaired) electrons. The van der Waals surface area contributed by atoms with Crippen molar-refractivity contribution in [2.75, 3.05) is 13.6 Å². The fraction of sp³-hybridized carbons (Fsp3) is 0.600. The zero-order valence-corrected chi connectivity index (χ0v) is 10.3. The van der Waals surface area contributed by atoms with E-state index in [1.54, 1.807) is 4.68 Å². The maximum absolute atomic E-state index is 5.57. The molecule has 2 N–H and O–H groups in total. The molecule has 0 aliphatic carbocycles. The predicted octanol–water partition coefficient (Wildman–Crippen LogP) is 0.774. The second kappa shape index (κ2) is 5.23. The first-order chi connectivity index (χ1) is 6.99. The molecule has 0 aliphatic heterocycles. The molecule has 0 amide bonds. The number of aromatic nitrogens is 2. The Morgan fingerprint density at radius 2 is 2.40 bits per heavy atom. The summed E-state index contributed by atoms with van der Waals surface area (Å²) in [4.78, 5) is 2.74. The van der Waals surface area contributed by atoms with Crippen molar-refractivity contribution in [1.29, 1.82) is 0 Å². The second-order valence-corrected chi connectivity index (χ2v) is 4.45. The fourth-order valence-electron chi connectivity index (χ4n) is 1.45. The van der Waals surface area contributed by atoms with Crippen molar-refractivity contribution in [2.45, 2.75) is 13.5 Å². The molecule has 5 heteroatoms. The standard InChI is InChI=1S/C10H18N4S/c1-8(10(11)15)6-13(2)7-9-4-5-14(3)12-9/h4-5,8H,6-7H2,1-3H3,(H2,11,15). The van der Waals surface area contributed by atoms with Crippen LogP contribution in [0.25, 0.3) is 0 Å². The minimum atomic E-state index is 0.244. The van der Waals surface area contributed by atoms with Crippen LogP contribution in [0.2, 0.25) is 0 Å². The molecule has 84 valence electrons. The smallest absolute Gasteiger partial charge is 0.0768 e. The van der Waals surface area contributed by atoms with E-state index >= 15 is 0 Å². The molecule has 0 aromatic carbocycles. The number of hydrogen-bond donors (Lipinski definition) is 1. The van der Waals surface area contributed by atoms with Crippen LogP contribution in [0.5, 0.6) is 0 Å². The van der Waals surface area contributed by atoms with Crippen LogP contribution in [0.3, 0.4) is 0 Å². The van der Waals surface area contributed by atoms with Gasteiger partial charge in [-0.25, -0.2) is 0 Å². The summed E-state index contributed by atoms with van der Waals surface area (Å²) in [6, 6.07) is 2.02. The van der Waals surface area contributed by atoms with E-state index in [0.717, 1.165) is 18.8 Å². The Morgan fingerprint density at radius 3 is 2.87 bits per heavy atom. The normalized spacial score (nSPS) is 13.1. The van der Waals surface area contributed by atoms with Crippen LogP contribution in [0.15, 0.2) is 12.3 Å². The summed E-state index contributed by atoms with van der Waals surface area (Å²) in [7, 11) is 3.96. The molecule has 1 heterocycles. The zero-order chi connectivity index (χ0) is 11.4. The molecule has 1 atom stereocenters. The van der Waals surface area contributed by atoms with Crippen molar-refractivity contribution in [1.82, 2.24) is 14.7 Å². The highest BCUT2D eigenvalue weighted by molar-refractivity contribution is 7.80. The Bertz CT molecular complexity index is 334. The summed E-state index contributed by atoms with van der Waals surface area (Å²) in [5.41, 5.74) is 6.63. The summed E-state index contributed by atoms with van der Waals surface area (Å²) >= 11 is 4.94. The largest absolute Gasteiger partial charge is 0.393 e. The molecular formula is C10H18N4S. The van der Waals surface area contributed by atoms with Gasteiger partial charge in [0.25, 0.3) is 0 Å². The highest BCUT2D eigenvalue weighted by Crippen LogP contribution is 2.03. The third kappa shape index (κ3) is 3.97. The van der Waals surface area contributed by atoms with Gasteiger partial charge in [-0.3, -0.25) is 9.58 Å². The molecule has 0 saturated carbocycles. The lowest BCUT2D eigenvalue weighted by Gasteiger charge is -2.19. The van der Waals surface area contributed by atoms with E-state index in [1.807, 2.05) is 33.3 Å². The van der Waals surface area contributed by atoms with Gasteiger partial charge in [0.05, 0.1) is 10.7 Å². The summed E-state index contributed by atoms with van der Waals surface area (Å²) in [6.45, 7) is 3.73. The first-order valence-electron chi connectivity index (χ1n) is 4.95. The number of hydrogen-bond acceptors (Lipinski definition) is 3. The lowest BCUT2D eigenvalue weighted by molar-refractivity contribution is 0.303. The quantitative estimate of drug-likeness (QED) is 0.754. The van der Waals surface area contributed by atoms with E-state index in [0.29, 0.717) is 4.99 Å². The number of aryl methyl sites for hydroxylation is 1. The Morgan fingerprint density at radius 1 is 1.73 bits per heavy atom. The SMILES string of the molecule is CC(CN(C)Cc1ccn(C)n1)C(N)=S. The van der Waals surface area contributed by atoms with E-state index in [9.17, 15) is 0 Å². The minimum Gasteiger partial charge on any atom is -0.393 e. The average molecular weight is 226 g/mol. The van der Waals surface area contributed by atoms with Crippen molar-refractivity contribution in [3.8, 4) is 0 Å². The maximum Gasteiger partial charge on any atom is 0.0768 e. The molecule has 1 aromatic rings. The summed E-state index contributed by atoms with van der Waals surface area (Å²) in [5.74, 6) is 0.244. The highest BCUT2D eigenvalue weighted by atomic mass is 32.1. The van der Waals surface area contributed by atoms with Gasteiger partial charge in [0.15, 0.2) is 0 Å². The van der Waals surface area contributed by atoms with E-state index in [2.05, 4.69) is 10.00 Å². The number of nitrogens with two attached hydrogens (primary N) is 1. The van der Waals surface area contributed by atoms with Gasteiger partial charge in [-0.15, -0.1) is 0 Å². The lowest BCUT2D eigenvalue weighted by atomic mass is 10.1. The van der Waals surface area contributed by atoms with Crippen LogP contribution in [0.4, 0.5) is 0 Å². The second-order valence-electron chi connectivity index (χ2n) is 3.98. The van der Waals surface area contributed by atoms with Gasteiger partial charge in [0, 0.05) is 32.3 Å². The monoisotopic (exact) mass is 226 g/mol. The van der Waals surface area contributed by atoms with Crippen molar-refractivity contribution < 1.29 is 0 Å². The molecule has 0 aliphatic rings. The molecule has 0 spiro atoms. The van der Waals surface area contributed by atoms with Crippen LogP contribution in [-0.2, 0) is 13.6 Å². The molecule has 0 saturated heterocycles. The molecule has 1 unspecified atom stereocenters. The van der Waals surface area contributed by atoms with Crippen LogP contribution in [0, 0.1) is 5.92 Å². The minimum absolute atomic E-state index is 0.244. The van der Waals surface area contributed by atoms with Crippen molar-refractivity contribution in [3.05, 3.63) is 18.0 Å². The molecule has 15 heavy (non-hydrogen) atoms. The fourth-order valence-corrected chi connectivity index (χ4v) is 1.52. The number of nitrogens with zero attached hydrogens (tertiary/aromatic N) is 3. The third-order valence-corrected chi connectivity index (χ3v) is 2.67. The van der Waals surface area contributed by atoms with Crippen LogP contribution in [0.1, 0.15) is 12.6 Å². The summed E-state index contributed by atoms with van der Waals surface area (Å²) in [5, 5.41) is 4.31. The molecule has 0 fully saturated rings.